The topological polar surface area (TPSA) is 84.9 Å². The van der Waals surface area contributed by atoms with Crippen LogP contribution in [0.15, 0.2) is 18.5 Å². The third kappa shape index (κ3) is 2.61. The minimum Gasteiger partial charge on any atom is -0.347 e. The third-order valence-electron chi connectivity index (χ3n) is 3.25. The molecule has 0 aromatic carbocycles. The zero-order valence-corrected chi connectivity index (χ0v) is 10.8. The fourth-order valence-electron chi connectivity index (χ4n) is 2.18. The summed E-state index contributed by atoms with van der Waals surface area (Å²) < 4.78 is 40.6. The number of nitrogens with two attached hydrogens (primary N) is 1. The number of anilines is 2. The molecule has 0 spiro atoms. The summed E-state index contributed by atoms with van der Waals surface area (Å²) in [6.07, 6.45) is -2.86. The number of nitrogens with one attached hydrogen (secondary N) is 1. The number of hydrogen-bond acceptors (Lipinski definition) is 6. The molecule has 0 bridgehead atoms. The van der Waals surface area contributed by atoms with E-state index in [0.717, 1.165) is 12.1 Å². The van der Waals surface area contributed by atoms with Gasteiger partial charge < -0.3 is 14.9 Å². The second-order valence-corrected chi connectivity index (χ2v) is 4.60. The van der Waals surface area contributed by atoms with E-state index >= 15 is 0 Å². The Bertz CT molecular complexity index is 652. The molecule has 0 amide bonds. The number of halogens is 3. The van der Waals surface area contributed by atoms with Gasteiger partial charge in [0.05, 0.1) is 12.1 Å². The van der Waals surface area contributed by atoms with E-state index in [1.165, 1.54) is 0 Å². The molecular weight excluding hydrogens is 287 g/mol. The van der Waals surface area contributed by atoms with Gasteiger partial charge >= 0.3 is 6.18 Å². The summed E-state index contributed by atoms with van der Waals surface area (Å²) in [4.78, 5) is 5.79. The summed E-state index contributed by atoms with van der Waals surface area (Å²) in [5.74, 6) is 6.04. The lowest BCUT2D eigenvalue weighted by Gasteiger charge is -2.28. The van der Waals surface area contributed by atoms with Crippen LogP contribution in [-0.2, 0) is 19.3 Å². The van der Waals surface area contributed by atoms with Crippen molar-refractivity contribution in [3.8, 4) is 0 Å². The van der Waals surface area contributed by atoms with E-state index in [1.807, 2.05) is 4.57 Å². The van der Waals surface area contributed by atoms with E-state index in [9.17, 15) is 13.2 Å². The largest absolute Gasteiger partial charge is 0.416 e. The lowest BCUT2D eigenvalue weighted by atomic mass is 10.2. The lowest BCUT2D eigenvalue weighted by Crippen LogP contribution is -2.34. The fourth-order valence-corrected chi connectivity index (χ4v) is 2.18. The number of hydrogen-bond donors (Lipinski definition) is 2. The Hall–Kier alpha value is -2.36. The molecule has 0 radical (unpaired) electrons. The molecule has 3 N–H and O–H groups in total. The minimum absolute atomic E-state index is 0.0353. The third-order valence-corrected chi connectivity index (χ3v) is 3.25. The molecule has 1 aliphatic heterocycles. The maximum absolute atomic E-state index is 12.9. The molecule has 3 heterocycles. The van der Waals surface area contributed by atoms with Crippen LogP contribution in [0.1, 0.15) is 11.4 Å². The maximum Gasteiger partial charge on any atom is 0.416 e. The van der Waals surface area contributed by atoms with Crippen LogP contribution in [0.5, 0.6) is 0 Å². The van der Waals surface area contributed by atoms with Gasteiger partial charge in [0.25, 0.3) is 0 Å². The van der Waals surface area contributed by atoms with Gasteiger partial charge in [0, 0.05) is 13.1 Å². The molecule has 7 nitrogen and oxygen atoms in total. The molecule has 0 aliphatic carbocycles. The van der Waals surface area contributed by atoms with Crippen molar-refractivity contribution in [1.82, 2.24) is 19.7 Å². The van der Waals surface area contributed by atoms with E-state index < -0.39 is 11.7 Å². The molecule has 112 valence electrons. The number of nitrogens with zero attached hydrogens (tertiary/aromatic N) is 5. The fraction of sp³-hybridized carbons (Fsp3) is 0.364. The predicted octanol–water partition coefficient (Wildman–Crippen LogP) is 0.998. The molecule has 0 saturated heterocycles. The smallest absolute Gasteiger partial charge is 0.347 e. The monoisotopic (exact) mass is 299 g/mol. The number of hydrazine groups is 1. The van der Waals surface area contributed by atoms with Crippen molar-refractivity contribution in [3.05, 3.63) is 29.8 Å². The second kappa shape index (κ2) is 4.88. The van der Waals surface area contributed by atoms with Gasteiger partial charge in [-0.1, -0.05) is 0 Å². The summed E-state index contributed by atoms with van der Waals surface area (Å²) >= 11 is 0. The molecule has 2 aromatic heterocycles. The van der Waals surface area contributed by atoms with Crippen LogP contribution in [0.4, 0.5) is 24.8 Å². The van der Waals surface area contributed by atoms with E-state index in [2.05, 4.69) is 20.6 Å². The predicted molar refractivity (Wildman–Crippen MR) is 68.1 cm³/mol. The highest BCUT2D eigenvalue weighted by Gasteiger charge is 2.32. The van der Waals surface area contributed by atoms with Crippen molar-refractivity contribution in [2.75, 3.05) is 16.9 Å². The van der Waals surface area contributed by atoms with E-state index in [0.29, 0.717) is 25.5 Å². The van der Waals surface area contributed by atoms with Crippen molar-refractivity contribution in [2.24, 2.45) is 5.84 Å². The number of rotatable bonds is 2. The van der Waals surface area contributed by atoms with Gasteiger partial charge in [-0.3, -0.25) is 0 Å². The van der Waals surface area contributed by atoms with Crippen molar-refractivity contribution < 1.29 is 13.2 Å². The Balaban J connectivity index is 1.95. The molecular formula is C11H12F3N7. The Morgan fingerprint density at radius 2 is 2.05 bits per heavy atom. The van der Waals surface area contributed by atoms with Crippen molar-refractivity contribution in [2.45, 2.75) is 19.3 Å². The molecule has 0 unspecified atom stereocenters. The minimum atomic E-state index is -4.46. The molecule has 0 fully saturated rings. The van der Waals surface area contributed by atoms with Gasteiger partial charge in [0.2, 0.25) is 0 Å². The highest BCUT2D eigenvalue weighted by atomic mass is 19.4. The lowest BCUT2D eigenvalue weighted by molar-refractivity contribution is -0.137. The second-order valence-electron chi connectivity index (χ2n) is 4.60. The van der Waals surface area contributed by atoms with Gasteiger partial charge in [-0.15, -0.1) is 10.2 Å². The summed E-state index contributed by atoms with van der Waals surface area (Å²) in [6.45, 7) is 1.45. The van der Waals surface area contributed by atoms with Crippen LogP contribution in [-0.4, -0.2) is 26.3 Å². The maximum atomic E-state index is 12.9. The SMILES string of the molecule is NNc1cc(C(F)(F)F)cc(N2CCn3cnnc3C2)n1. The normalized spacial score (nSPS) is 15.0. The van der Waals surface area contributed by atoms with Crippen LogP contribution in [0.2, 0.25) is 0 Å². The molecule has 0 atom stereocenters. The first-order valence-electron chi connectivity index (χ1n) is 6.15. The van der Waals surface area contributed by atoms with Gasteiger partial charge in [0.1, 0.15) is 18.0 Å². The van der Waals surface area contributed by atoms with Crippen molar-refractivity contribution >= 4 is 11.6 Å². The first-order chi connectivity index (χ1) is 9.97. The van der Waals surface area contributed by atoms with Gasteiger partial charge in [-0.05, 0) is 12.1 Å². The number of aromatic nitrogens is 4. The molecule has 21 heavy (non-hydrogen) atoms. The Kier molecular flexibility index (Phi) is 3.16. The standard InChI is InChI=1S/C11H12F3N7/c12-11(13,14)7-3-8(18-15)17-9(4-7)20-1-2-21-6-16-19-10(21)5-20/h3-4,6H,1-2,5,15H2,(H,17,18). The van der Waals surface area contributed by atoms with Crippen LogP contribution in [0.25, 0.3) is 0 Å². The average Bonchev–Trinajstić information content (AvgIpc) is 2.93. The zero-order chi connectivity index (χ0) is 15.0. The average molecular weight is 299 g/mol. The Morgan fingerprint density at radius 1 is 1.24 bits per heavy atom. The Labute approximate surface area is 117 Å². The van der Waals surface area contributed by atoms with E-state index in [4.69, 9.17) is 5.84 Å². The number of alkyl halides is 3. The number of nitrogen functional groups attached to an aromatic ring is 1. The number of pyridine rings is 1. The highest BCUT2D eigenvalue weighted by molar-refractivity contribution is 5.51. The first kappa shape index (κ1) is 13.6. The van der Waals surface area contributed by atoms with Crippen LogP contribution >= 0.6 is 0 Å². The summed E-state index contributed by atoms with van der Waals surface area (Å²) in [5.41, 5.74) is 1.36. The number of fused-ring (bicyclic) bond motifs is 1. The van der Waals surface area contributed by atoms with Gasteiger partial charge in [-0.2, -0.15) is 13.2 Å². The van der Waals surface area contributed by atoms with E-state index in [1.54, 1.807) is 11.2 Å². The van der Waals surface area contributed by atoms with Crippen LogP contribution < -0.4 is 16.2 Å². The summed E-state index contributed by atoms with van der Waals surface area (Å²) in [7, 11) is 0. The molecule has 0 saturated carbocycles. The van der Waals surface area contributed by atoms with Crippen molar-refractivity contribution in [3.63, 3.8) is 0 Å². The van der Waals surface area contributed by atoms with Crippen LogP contribution in [0.3, 0.4) is 0 Å². The molecule has 2 aromatic rings. The molecule has 1 aliphatic rings. The first-order valence-corrected chi connectivity index (χ1v) is 6.15. The molecule has 3 rings (SSSR count). The zero-order valence-electron chi connectivity index (χ0n) is 10.8. The quantitative estimate of drug-likeness (QED) is 0.635. The van der Waals surface area contributed by atoms with Gasteiger partial charge in [0.15, 0.2) is 5.82 Å². The highest BCUT2D eigenvalue weighted by Crippen LogP contribution is 2.33. The summed E-state index contributed by atoms with van der Waals surface area (Å²) in [5, 5.41) is 7.70. The van der Waals surface area contributed by atoms with Crippen molar-refractivity contribution in [1.29, 1.82) is 0 Å². The molecule has 10 heteroatoms. The summed E-state index contributed by atoms with van der Waals surface area (Å²) in [6, 6.07) is 1.88. The van der Waals surface area contributed by atoms with Crippen LogP contribution in [0, 0.1) is 0 Å². The van der Waals surface area contributed by atoms with E-state index in [-0.39, 0.29) is 11.6 Å². The Morgan fingerprint density at radius 3 is 2.76 bits per heavy atom. The van der Waals surface area contributed by atoms with Gasteiger partial charge in [-0.25, -0.2) is 10.8 Å².